The molecule has 3 N–H and O–H groups in total. The van der Waals surface area contributed by atoms with E-state index in [0.717, 1.165) is 16.5 Å². The molecule has 2 aromatic rings. The summed E-state index contributed by atoms with van der Waals surface area (Å²) in [7, 11) is -1.30. The molecule has 0 saturated heterocycles. The second-order valence-corrected chi connectivity index (χ2v) is 8.48. The van der Waals surface area contributed by atoms with E-state index in [1.54, 1.807) is 13.1 Å². The number of aliphatic imine (C=N–C) groups is 1. The lowest BCUT2D eigenvalue weighted by Crippen LogP contribution is -2.43. The van der Waals surface area contributed by atoms with Gasteiger partial charge in [0.05, 0.1) is 5.75 Å². The Morgan fingerprint density at radius 2 is 2.12 bits per heavy atom. The topological polar surface area (TPSA) is 86.3 Å². The van der Waals surface area contributed by atoms with Crippen LogP contribution in [-0.4, -0.2) is 51.0 Å². The van der Waals surface area contributed by atoms with E-state index in [2.05, 4.69) is 20.6 Å². The van der Waals surface area contributed by atoms with Gasteiger partial charge in [-0.3, -0.25) is 4.99 Å². The number of rotatable bonds is 7. The van der Waals surface area contributed by atoms with Gasteiger partial charge in [-0.1, -0.05) is 0 Å². The molecule has 0 spiro atoms. The second-order valence-electron chi connectivity index (χ2n) is 6.22. The van der Waals surface area contributed by atoms with Crippen molar-refractivity contribution >= 4 is 50.7 Å². The average molecular weight is 496 g/mol. The summed E-state index contributed by atoms with van der Waals surface area (Å²) in [6, 6.07) is 4.68. The summed E-state index contributed by atoms with van der Waals surface area (Å²) in [6.07, 6.45) is 4.34. The lowest BCUT2D eigenvalue weighted by Gasteiger charge is -2.17. The van der Waals surface area contributed by atoms with Gasteiger partial charge in [-0.25, -0.2) is 12.8 Å². The summed E-state index contributed by atoms with van der Waals surface area (Å²) in [6.45, 7) is 2.54. The standard InChI is InChI=1S/C17H25FN4O2S.HI/c1-12(7-9-25(3,23)24)22-17(19-2)20-8-6-13-11-21-16-5-4-14(18)10-15(13)16;/h4-5,10-12,21H,6-9H2,1-3H3,(H2,19,20,22);1H. The van der Waals surface area contributed by atoms with Gasteiger partial charge in [0.2, 0.25) is 0 Å². The van der Waals surface area contributed by atoms with Crippen LogP contribution in [0.1, 0.15) is 18.9 Å². The number of benzene rings is 1. The molecular weight excluding hydrogens is 470 g/mol. The fourth-order valence-electron chi connectivity index (χ4n) is 2.56. The van der Waals surface area contributed by atoms with E-state index in [1.165, 1.54) is 18.4 Å². The molecule has 0 aliphatic rings. The highest BCUT2D eigenvalue weighted by molar-refractivity contribution is 14.0. The highest BCUT2D eigenvalue weighted by Gasteiger charge is 2.10. The first-order valence-electron chi connectivity index (χ1n) is 8.19. The summed E-state index contributed by atoms with van der Waals surface area (Å²) in [5, 5.41) is 7.25. The van der Waals surface area contributed by atoms with Crippen LogP contribution >= 0.6 is 24.0 Å². The quantitative estimate of drug-likeness (QED) is 0.312. The van der Waals surface area contributed by atoms with Crippen LogP contribution in [0.25, 0.3) is 10.9 Å². The fraction of sp³-hybridized carbons (Fsp3) is 0.471. The molecule has 146 valence electrons. The number of guanidine groups is 1. The zero-order chi connectivity index (χ0) is 18.4. The number of H-pyrrole nitrogens is 1. The Morgan fingerprint density at radius 3 is 2.77 bits per heavy atom. The number of halogens is 2. The Bertz CT molecular complexity index is 852. The van der Waals surface area contributed by atoms with Crippen molar-refractivity contribution in [1.82, 2.24) is 15.6 Å². The molecule has 1 aromatic heterocycles. The average Bonchev–Trinajstić information content (AvgIpc) is 2.93. The van der Waals surface area contributed by atoms with Crippen molar-refractivity contribution in [2.45, 2.75) is 25.8 Å². The Labute approximate surface area is 171 Å². The molecule has 0 radical (unpaired) electrons. The molecule has 0 amide bonds. The molecule has 26 heavy (non-hydrogen) atoms. The van der Waals surface area contributed by atoms with Gasteiger partial charge in [0.25, 0.3) is 0 Å². The lowest BCUT2D eigenvalue weighted by atomic mass is 10.1. The number of nitrogens with zero attached hydrogens (tertiary/aromatic N) is 1. The lowest BCUT2D eigenvalue weighted by molar-refractivity contribution is 0.581. The van der Waals surface area contributed by atoms with Crippen LogP contribution < -0.4 is 10.6 Å². The van der Waals surface area contributed by atoms with E-state index in [4.69, 9.17) is 0 Å². The molecule has 0 bridgehead atoms. The zero-order valence-corrected chi connectivity index (χ0v) is 18.3. The first-order chi connectivity index (χ1) is 11.8. The Kier molecular flexibility index (Phi) is 8.81. The minimum absolute atomic E-state index is 0. The van der Waals surface area contributed by atoms with Crippen molar-refractivity contribution in [2.75, 3.05) is 25.6 Å². The summed E-state index contributed by atoms with van der Waals surface area (Å²) < 4.78 is 35.8. The van der Waals surface area contributed by atoms with Gasteiger partial charge in [0.15, 0.2) is 5.96 Å². The maximum Gasteiger partial charge on any atom is 0.191 e. The van der Waals surface area contributed by atoms with Crippen LogP contribution in [0.4, 0.5) is 4.39 Å². The van der Waals surface area contributed by atoms with Crippen molar-refractivity contribution in [3.8, 4) is 0 Å². The van der Waals surface area contributed by atoms with E-state index in [-0.39, 0.29) is 41.6 Å². The van der Waals surface area contributed by atoms with E-state index >= 15 is 0 Å². The number of fused-ring (bicyclic) bond motifs is 1. The number of hydrogen-bond acceptors (Lipinski definition) is 3. The Morgan fingerprint density at radius 1 is 1.38 bits per heavy atom. The van der Waals surface area contributed by atoms with E-state index < -0.39 is 9.84 Å². The molecule has 9 heteroatoms. The maximum absolute atomic E-state index is 13.4. The largest absolute Gasteiger partial charge is 0.361 e. The SMILES string of the molecule is CN=C(NCCc1c[nH]c2ccc(F)cc12)NC(C)CCS(C)(=O)=O.I. The van der Waals surface area contributed by atoms with Crippen molar-refractivity contribution in [3.63, 3.8) is 0 Å². The molecule has 0 saturated carbocycles. The number of hydrogen-bond donors (Lipinski definition) is 3. The molecule has 1 heterocycles. The van der Waals surface area contributed by atoms with Gasteiger partial charge in [0.1, 0.15) is 15.7 Å². The number of aromatic amines is 1. The predicted octanol–water partition coefficient (Wildman–Crippen LogP) is 2.46. The van der Waals surface area contributed by atoms with Crippen LogP contribution in [0.3, 0.4) is 0 Å². The summed E-state index contributed by atoms with van der Waals surface area (Å²) in [5.74, 6) is 0.504. The third-order valence-electron chi connectivity index (χ3n) is 3.94. The molecule has 6 nitrogen and oxygen atoms in total. The monoisotopic (exact) mass is 496 g/mol. The van der Waals surface area contributed by atoms with E-state index in [1.807, 2.05) is 13.1 Å². The van der Waals surface area contributed by atoms with Crippen LogP contribution in [0.2, 0.25) is 0 Å². The van der Waals surface area contributed by atoms with Gasteiger partial charge >= 0.3 is 0 Å². The molecule has 1 aromatic carbocycles. The number of aromatic nitrogens is 1. The van der Waals surface area contributed by atoms with Crippen LogP contribution in [0, 0.1) is 5.82 Å². The third-order valence-corrected chi connectivity index (χ3v) is 4.92. The van der Waals surface area contributed by atoms with E-state index in [9.17, 15) is 12.8 Å². The number of nitrogens with one attached hydrogen (secondary N) is 3. The summed E-state index contributed by atoms with van der Waals surface area (Å²) in [4.78, 5) is 7.28. The Balaban J connectivity index is 0.00000338. The van der Waals surface area contributed by atoms with Crippen molar-refractivity contribution in [2.24, 2.45) is 4.99 Å². The third kappa shape index (κ3) is 7.10. The second kappa shape index (κ2) is 10.1. The molecule has 1 unspecified atom stereocenters. The molecule has 0 aliphatic heterocycles. The van der Waals surface area contributed by atoms with E-state index in [0.29, 0.717) is 25.3 Å². The molecule has 2 rings (SSSR count). The summed E-state index contributed by atoms with van der Waals surface area (Å²) >= 11 is 0. The van der Waals surface area contributed by atoms with Crippen molar-refractivity contribution < 1.29 is 12.8 Å². The van der Waals surface area contributed by atoms with Crippen molar-refractivity contribution in [1.29, 1.82) is 0 Å². The first-order valence-corrected chi connectivity index (χ1v) is 10.2. The minimum Gasteiger partial charge on any atom is -0.361 e. The first kappa shape index (κ1) is 22.7. The highest BCUT2D eigenvalue weighted by atomic mass is 127. The molecular formula is C17H26FIN4O2S. The van der Waals surface area contributed by atoms with Crippen LogP contribution in [0.5, 0.6) is 0 Å². The maximum atomic E-state index is 13.4. The minimum atomic E-state index is -2.97. The zero-order valence-electron chi connectivity index (χ0n) is 15.2. The molecule has 1 atom stereocenters. The van der Waals surface area contributed by atoms with Crippen LogP contribution in [0.15, 0.2) is 29.4 Å². The normalized spacial score (nSPS) is 13.3. The fourth-order valence-corrected chi connectivity index (χ4v) is 3.35. The molecule has 0 aliphatic carbocycles. The Hall–Kier alpha value is -1.36. The van der Waals surface area contributed by atoms with Crippen molar-refractivity contribution in [3.05, 3.63) is 35.8 Å². The highest BCUT2D eigenvalue weighted by Crippen LogP contribution is 2.19. The number of sulfone groups is 1. The van der Waals surface area contributed by atoms with Gasteiger partial charge in [0, 0.05) is 43.0 Å². The van der Waals surface area contributed by atoms with Gasteiger partial charge in [-0.15, -0.1) is 24.0 Å². The molecule has 0 fully saturated rings. The smallest absolute Gasteiger partial charge is 0.191 e. The van der Waals surface area contributed by atoms with Crippen LogP contribution in [-0.2, 0) is 16.3 Å². The van der Waals surface area contributed by atoms with Gasteiger partial charge in [-0.05, 0) is 43.5 Å². The summed E-state index contributed by atoms with van der Waals surface area (Å²) in [5.41, 5.74) is 1.94. The van der Waals surface area contributed by atoms with Gasteiger partial charge < -0.3 is 15.6 Å². The van der Waals surface area contributed by atoms with Gasteiger partial charge in [-0.2, -0.15) is 0 Å². The predicted molar refractivity (Wildman–Crippen MR) is 116 cm³/mol.